The summed E-state index contributed by atoms with van der Waals surface area (Å²) in [5.74, 6) is -3.78. The predicted octanol–water partition coefficient (Wildman–Crippen LogP) is -3.52. The van der Waals surface area contributed by atoms with Crippen LogP contribution in [0.15, 0.2) is 0 Å². The Balaban J connectivity index is 4.46. The Labute approximate surface area is 161 Å². The number of hydrogen-bond acceptors (Lipinski definition) is 8. The Morgan fingerprint density at radius 3 is 2.00 bits per heavy atom. The van der Waals surface area contributed by atoms with Gasteiger partial charge in [0.1, 0.15) is 18.6 Å². The molecule has 0 heterocycles. The monoisotopic (exact) mass is 409 g/mol. The van der Waals surface area contributed by atoms with Crippen molar-refractivity contribution in [1.29, 1.82) is 0 Å². The lowest BCUT2D eigenvalue weighted by Crippen LogP contribution is -2.55. The largest absolute Gasteiger partial charge is 0.480 e. The molecule has 0 aromatic carbocycles. The van der Waals surface area contributed by atoms with Crippen LogP contribution in [-0.2, 0) is 24.0 Å². The third-order valence-corrected chi connectivity index (χ3v) is 3.72. The molecule has 3 atom stereocenters. The first-order valence-corrected chi connectivity index (χ1v) is 8.73. The molecule has 0 saturated heterocycles. The van der Waals surface area contributed by atoms with E-state index in [1.807, 2.05) is 0 Å². The van der Waals surface area contributed by atoms with Gasteiger partial charge in [0.25, 0.3) is 0 Å². The molecule has 11 nitrogen and oxygen atoms in total. The summed E-state index contributed by atoms with van der Waals surface area (Å²) < 4.78 is 0. The van der Waals surface area contributed by atoms with Crippen LogP contribution >= 0.6 is 25.3 Å². The minimum absolute atomic E-state index is 0.0643. The van der Waals surface area contributed by atoms with Crippen LogP contribution in [0.4, 0.5) is 0 Å². The Morgan fingerprint density at radius 1 is 0.923 bits per heavy atom. The van der Waals surface area contributed by atoms with E-state index in [9.17, 15) is 24.0 Å². The molecule has 13 heteroatoms. The van der Waals surface area contributed by atoms with Gasteiger partial charge in [0.05, 0.1) is 12.6 Å². The molecule has 0 bridgehead atoms. The van der Waals surface area contributed by atoms with Gasteiger partial charge in [-0.3, -0.25) is 24.0 Å². The Kier molecular flexibility index (Phi) is 11.4. The van der Waals surface area contributed by atoms with Crippen molar-refractivity contribution >= 4 is 54.9 Å². The average Bonchev–Trinajstić information content (AvgIpc) is 2.60. The van der Waals surface area contributed by atoms with Crippen molar-refractivity contribution in [3.8, 4) is 0 Å². The maximum Gasteiger partial charge on any atom is 0.322 e. The van der Waals surface area contributed by atoms with Gasteiger partial charge < -0.3 is 32.1 Å². The zero-order chi connectivity index (χ0) is 20.3. The lowest BCUT2D eigenvalue weighted by atomic mass is 10.2. The van der Waals surface area contributed by atoms with E-state index >= 15 is 0 Å². The highest BCUT2D eigenvalue weighted by Crippen LogP contribution is 1.92. The highest BCUT2D eigenvalue weighted by atomic mass is 32.1. The third kappa shape index (κ3) is 9.48. The smallest absolute Gasteiger partial charge is 0.322 e. The van der Waals surface area contributed by atoms with E-state index in [-0.39, 0.29) is 11.5 Å². The van der Waals surface area contributed by atoms with Gasteiger partial charge in [0, 0.05) is 11.5 Å². The van der Waals surface area contributed by atoms with Gasteiger partial charge in [0.2, 0.25) is 23.6 Å². The minimum atomic E-state index is -1.22. The molecule has 0 radical (unpaired) electrons. The fourth-order valence-corrected chi connectivity index (χ4v) is 1.94. The van der Waals surface area contributed by atoms with Gasteiger partial charge in [-0.25, -0.2) is 0 Å². The molecular weight excluding hydrogens is 386 g/mol. The number of nitrogens with one attached hydrogen (secondary N) is 4. The van der Waals surface area contributed by atoms with E-state index < -0.39 is 60.8 Å². The van der Waals surface area contributed by atoms with Crippen molar-refractivity contribution in [2.24, 2.45) is 5.73 Å². The summed E-state index contributed by atoms with van der Waals surface area (Å²) in [5.41, 5.74) is 5.43. The van der Waals surface area contributed by atoms with Gasteiger partial charge in [-0.15, -0.1) is 0 Å². The summed E-state index contributed by atoms with van der Waals surface area (Å²) >= 11 is 7.81. The molecule has 0 aromatic rings. The maximum atomic E-state index is 12.1. The first-order chi connectivity index (χ1) is 12.1. The molecule has 0 unspecified atom stereocenters. The fourth-order valence-electron chi connectivity index (χ4n) is 1.52. The number of amides is 4. The summed E-state index contributed by atoms with van der Waals surface area (Å²) in [6.07, 6.45) is 0. The van der Waals surface area contributed by atoms with E-state index in [1.54, 1.807) is 0 Å². The molecule has 0 fully saturated rings. The standard InChI is InChI=1S/C13H23N5O6S2/c1-6(11(22)16-3-10(20)21)17-13(24)8(5-26)18-9(19)2-15-12(23)7(14)4-25/h6-8,25-26H,2-5,14H2,1H3,(H,15,23)(H,16,22)(H,17,24)(H,18,19)(H,20,21)/t6-,7-,8-/m0/s1. The van der Waals surface area contributed by atoms with Crippen molar-refractivity contribution in [3.05, 3.63) is 0 Å². The van der Waals surface area contributed by atoms with Crippen LogP contribution in [0, 0.1) is 0 Å². The molecule has 148 valence electrons. The lowest BCUT2D eigenvalue weighted by Gasteiger charge is -2.20. The fraction of sp³-hybridized carbons (Fsp3) is 0.615. The van der Waals surface area contributed by atoms with Gasteiger partial charge in [-0.05, 0) is 6.92 Å². The zero-order valence-electron chi connectivity index (χ0n) is 14.0. The number of thiol groups is 2. The van der Waals surface area contributed by atoms with Crippen molar-refractivity contribution < 1.29 is 29.1 Å². The molecule has 0 saturated carbocycles. The van der Waals surface area contributed by atoms with E-state index in [1.165, 1.54) is 6.92 Å². The summed E-state index contributed by atoms with van der Waals surface area (Å²) in [6, 6.07) is -2.94. The van der Waals surface area contributed by atoms with Crippen LogP contribution in [0.25, 0.3) is 0 Å². The maximum absolute atomic E-state index is 12.1. The number of carbonyl (C=O) groups excluding carboxylic acids is 4. The number of hydrogen-bond donors (Lipinski definition) is 8. The highest BCUT2D eigenvalue weighted by Gasteiger charge is 2.24. The van der Waals surface area contributed by atoms with E-state index in [0.29, 0.717) is 0 Å². The van der Waals surface area contributed by atoms with E-state index in [0.717, 1.165) is 0 Å². The third-order valence-electron chi connectivity index (χ3n) is 2.96. The van der Waals surface area contributed by atoms with Crippen molar-refractivity contribution in [2.45, 2.75) is 25.0 Å². The predicted molar refractivity (Wildman–Crippen MR) is 98.9 cm³/mol. The Hall–Kier alpha value is -1.99. The van der Waals surface area contributed by atoms with Crippen LogP contribution in [0.3, 0.4) is 0 Å². The topological polar surface area (TPSA) is 180 Å². The first kappa shape index (κ1) is 24.0. The number of nitrogens with two attached hydrogens (primary N) is 1. The number of carboxylic acid groups (broad SMARTS) is 1. The second-order valence-corrected chi connectivity index (χ2v) is 5.88. The van der Waals surface area contributed by atoms with Crippen LogP contribution < -0.4 is 27.0 Å². The first-order valence-electron chi connectivity index (χ1n) is 7.46. The molecule has 0 aliphatic carbocycles. The van der Waals surface area contributed by atoms with Gasteiger partial charge in [0.15, 0.2) is 0 Å². The average molecular weight is 409 g/mol. The van der Waals surface area contributed by atoms with Gasteiger partial charge in [-0.2, -0.15) is 25.3 Å². The lowest BCUT2D eigenvalue weighted by molar-refractivity contribution is -0.138. The molecule has 26 heavy (non-hydrogen) atoms. The van der Waals surface area contributed by atoms with Gasteiger partial charge >= 0.3 is 5.97 Å². The zero-order valence-corrected chi connectivity index (χ0v) is 15.8. The SMILES string of the molecule is C[C@H](NC(=O)[C@H](CS)NC(=O)CNC(=O)[C@@H](N)CS)C(=O)NCC(=O)O. The quantitative estimate of drug-likeness (QED) is 0.163. The summed E-state index contributed by atoms with van der Waals surface area (Å²) in [5, 5.41) is 17.6. The number of aliphatic carboxylic acids is 1. The molecule has 4 amide bonds. The van der Waals surface area contributed by atoms with Crippen molar-refractivity contribution in [3.63, 3.8) is 0 Å². The molecule has 0 spiro atoms. The number of carboxylic acids is 1. The van der Waals surface area contributed by atoms with Crippen LogP contribution in [-0.4, -0.2) is 77.4 Å². The Morgan fingerprint density at radius 2 is 1.50 bits per heavy atom. The van der Waals surface area contributed by atoms with E-state index in [4.69, 9.17) is 10.8 Å². The molecule has 0 aliphatic rings. The molecular formula is C13H23N5O6S2. The normalized spacial score (nSPS) is 13.7. The van der Waals surface area contributed by atoms with E-state index in [2.05, 4.69) is 46.5 Å². The summed E-state index contributed by atoms with van der Waals surface area (Å²) in [7, 11) is 0. The van der Waals surface area contributed by atoms with Crippen molar-refractivity contribution in [1.82, 2.24) is 21.3 Å². The number of carbonyl (C=O) groups is 5. The minimum Gasteiger partial charge on any atom is -0.480 e. The summed E-state index contributed by atoms with van der Waals surface area (Å²) in [6.45, 7) is 0.373. The Bertz CT molecular complexity index is 547. The van der Waals surface area contributed by atoms with Crippen LogP contribution in [0.2, 0.25) is 0 Å². The van der Waals surface area contributed by atoms with Crippen LogP contribution in [0.5, 0.6) is 0 Å². The molecule has 7 N–H and O–H groups in total. The summed E-state index contributed by atoms with van der Waals surface area (Å²) in [4.78, 5) is 57.3. The van der Waals surface area contributed by atoms with Crippen LogP contribution in [0.1, 0.15) is 6.92 Å². The second-order valence-electron chi connectivity index (χ2n) is 5.15. The molecule has 0 aromatic heterocycles. The number of rotatable bonds is 11. The highest BCUT2D eigenvalue weighted by molar-refractivity contribution is 7.80. The van der Waals surface area contributed by atoms with Gasteiger partial charge in [-0.1, -0.05) is 0 Å². The van der Waals surface area contributed by atoms with Crippen molar-refractivity contribution in [2.75, 3.05) is 24.6 Å². The second kappa shape index (κ2) is 12.4. The molecule has 0 aliphatic heterocycles. The molecule has 0 rings (SSSR count).